The van der Waals surface area contributed by atoms with E-state index in [1.54, 1.807) is 5.56 Å². The van der Waals surface area contributed by atoms with Crippen LogP contribution in [-0.4, -0.2) is 13.1 Å². The second-order valence-corrected chi connectivity index (χ2v) is 4.82. The maximum Gasteiger partial charge on any atom is 0.0191 e. The molecule has 3 rings (SSSR count). The van der Waals surface area contributed by atoms with Gasteiger partial charge in [-0.05, 0) is 36.6 Å². The highest BCUT2D eigenvalue weighted by molar-refractivity contribution is 5.85. The molecule has 2 aliphatic rings. The van der Waals surface area contributed by atoms with Crippen LogP contribution in [0.15, 0.2) is 30.3 Å². The van der Waals surface area contributed by atoms with Crippen LogP contribution in [0.25, 0.3) is 6.08 Å². The van der Waals surface area contributed by atoms with Crippen molar-refractivity contribution in [1.29, 1.82) is 0 Å². The Kier molecular flexibility index (Phi) is 3.09. The third-order valence-electron chi connectivity index (χ3n) is 4.07. The standard InChI is InChI=1S/C14H17N.ClH/c1-11-10-15-9-8-14(11)7-6-12-4-2-3-5-13(12)14;/h2-7,11,15H,8-10H2,1H3;1H/t11-,14-;/m0./s1. The lowest BCUT2D eigenvalue weighted by molar-refractivity contribution is 0.274. The molecule has 0 unspecified atom stereocenters. The molecule has 0 bridgehead atoms. The van der Waals surface area contributed by atoms with E-state index in [0.717, 1.165) is 13.1 Å². The van der Waals surface area contributed by atoms with E-state index in [1.807, 2.05) is 0 Å². The maximum atomic E-state index is 3.48. The smallest absolute Gasteiger partial charge is 0.0191 e. The molecule has 1 heterocycles. The molecule has 16 heavy (non-hydrogen) atoms. The maximum absolute atomic E-state index is 3.48. The number of allylic oxidation sites excluding steroid dienone is 1. The summed E-state index contributed by atoms with van der Waals surface area (Å²) in [5.74, 6) is 0.700. The van der Waals surface area contributed by atoms with E-state index in [2.05, 4.69) is 48.7 Å². The van der Waals surface area contributed by atoms with E-state index in [9.17, 15) is 0 Å². The Morgan fingerprint density at radius 3 is 2.94 bits per heavy atom. The Labute approximate surface area is 103 Å². The van der Waals surface area contributed by atoms with E-state index >= 15 is 0 Å². The van der Waals surface area contributed by atoms with Crippen molar-refractivity contribution in [2.24, 2.45) is 5.92 Å². The largest absolute Gasteiger partial charge is 0.316 e. The molecule has 0 radical (unpaired) electrons. The molecule has 1 aliphatic carbocycles. The van der Waals surface area contributed by atoms with Gasteiger partial charge < -0.3 is 5.32 Å². The van der Waals surface area contributed by atoms with Crippen LogP contribution in [0.4, 0.5) is 0 Å². The number of halogens is 1. The van der Waals surface area contributed by atoms with Crippen molar-refractivity contribution >= 4 is 18.5 Å². The number of rotatable bonds is 0. The number of fused-ring (bicyclic) bond motifs is 2. The van der Waals surface area contributed by atoms with Crippen LogP contribution in [-0.2, 0) is 5.41 Å². The van der Waals surface area contributed by atoms with Crippen LogP contribution in [0.3, 0.4) is 0 Å². The van der Waals surface area contributed by atoms with E-state index in [-0.39, 0.29) is 12.4 Å². The highest BCUT2D eigenvalue weighted by Gasteiger charge is 2.40. The summed E-state index contributed by atoms with van der Waals surface area (Å²) in [4.78, 5) is 0. The topological polar surface area (TPSA) is 12.0 Å². The molecule has 1 aliphatic heterocycles. The van der Waals surface area contributed by atoms with Crippen LogP contribution in [0, 0.1) is 5.92 Å². The van der Waals surface area contributed by atoms with Gasteiger partial charge >= 0.3 is 0 Å². The molecular formula is C14H18ClN. The SMILES string of the molecule is C[C@H]1CNCC[C@@]12C=Cc1ccccc12.Cl. The van der Waals surface area contributed by atoms with Gasteiger partial charge in [-0.1, -0.05) is 43.3 Å². The Bertz CT molecular complexity index is 413. The normalized spacial score (nSPS) is 31.2. The molecule has 2 atom stereocenters. The van der Waals surface area contributed by atoms with Crippen LogP contribution >= 0.6 is 12.4 Å². The van der Waals surface area contributed by atoms with Crippen molar-refractivity contribution < 1.29 is 0 Å². The first kappa shape index (κ1) is 11.7. The van der Waals surface area contributed by atoms with Gasteiger partial charge in [0, 0.05) is 5.41 Å². The lowest BCUT2D eigenvalue weighted by Crippen LogP contribution is -2.44. The average Bonchev–Trinajstić information content (AvgIpc) is 2.64. The monoisotopic (exact) mass is 235 g/mol. The predicted octanol–water partition coefficient (Wildman–Crippen LogP) is 3.00. The Morgan fingerprint density at radius 1 is 1.31 bits per heavy atom. The van der Waals surface area contributed by atoms with Gasteiger partial charge in [0.1, 0.15) is 0 Å². The van der Waals surface area contributed by atoms with Gasteiger partial charge in [-0.2, -0.15) is 0 Å². The first-order valence-electron chi connectivity index (χ1n) is 5.82. The summed E-state index contributed by atoms with van der Waals surface area (Å²) < 4.78 is 0. The third kappa shape index (κ3) is 1.50. The summed E-state index contributed by atoms with van der Waals surface area (Å²) in [6.07, 6.45) is 5.97. The first-order chi connectivity index (χ1) is 7.33. The van der Waals surface area contributed by atoms with Crippen molar-refractivity contribution in [3.8, 4) is 0 Å². The molecule has 1 spiro atoms. The molecule has 0 aromatic heterocycles. The van der Waals surface area contributed by atoms with Gasteiger partial charge in [0.25, 0.3) is 0 Å². The van der Waals surface area contributed by atoms with Crippen molar-refractivity contribution in [3.05, 3.63) is 41.5 Å². The van der Waals surface area contributed by atoms with E-state index in [4.69, 9.17) is 0 Å². The van der Waals surface area contributed by atoms with Crippen molar-refractivity contribution in [2.45, 2.75) is 18.8 Å². The zero-order valence-corrected chi connectivity index (χ0v) is 10.4. The van der Waals surface area contributed by atoms with Gasteiger partial charge in [-0.25, -0.2) is 0 Å². The molecule has 1 aromatic carbocycles. The minimum atomic E-state index is 0. The fraction of sp³-hybridized carbons (Fsp3) is 0.429. The Balaban J connectivity index is 0.000000963. The summed E-state index contributed by atoms with van der Waals surface area (Å²) in [5.41, 5.74) is 3.28. The average molecular weight is 236 g/mol. The van der Waals surface area contributed by atoms with Gasteiger partial charge in [-0.3, -0.25) is 0 Å². The summed E-state index contributed by atoms with van der Waals surface area (Å²) in [7, 11) is 0. The predicted molar refractivity (Wildman–Crippen MR) is 71.1 cm³/mol. The van der Waals surface area contributed by atoms with Crippen LogP contribution < -0.4 is 5.32 Å². The summed E-state index contributed by atoms with van der Waals surface area (Å²) in [6, 6.07) is 8.84. The van der Waals surface area contributed by atoms with Gasteiger partial charge in [-0.15, -0.1) is 12.4 Å². The van der Waals surface area contributed by atoms with Crippen LogP contribution in [0.2, 0.25) is 0 Å². The summed E-state index contributed by atoms with van der Waals surface area (Å²) >= 11 is 0. The van der Waals surface area contributed by atoms with Gasteiger partial charge in [0.05, 0.1) is 0 Å². The highest BCUT2D eigenvalue weighted by atomic mass is 35.5. The quantitative estimate of drug-likeness (QED) is 0.729. The Morgan fingerprint density at radius 2 is 2.12 bits per heavy atom. The lowest BCUT2D eigenvalue weighted by atomic mass is 9.68. The van der Waals surface area contributed by atoms with Crippen molar-refractivity contribution in [3.63, 3.8) is 0 Å². The second kappa shape index (κ2) is 4.23. The molecule has 1 saturated heterocycles. The van der Waals surface area contributed by atoms with Crippen LogP contribution in [0.1, 0.15) is 24.5 Å². The van der Waals surface area contributed by atoms with Gasteiger partial charge in [0.2, 0.25) is 0 Å². The molecule has 1 aromatic rings. The highest BCUT2D eigenvalue weighted by Crippen LogP contribution is 2.45. The Hall–Kier alpha value is -0.790. The summed E-state index contributed by atoms with van der Waals surface area (Å²) in [5, 5.41) is 3.48. The number of hydrogen-bond acceptors (Lipinski definition) is 1. The number of hydrogen-bond donors (Lipinski definition) is 1. The fourth-order valence-corrected chi connectivity index (χ4v) is 3.08. The number of benzene rings is 1. The molecule has 86 valence electrons. The van der Waals surface area contributed by atoms with E-state index in [0.29, 0.717) is 11.3 Å². The number of nitrogens with one attached hydrogen (secondary N) is 1. The summed E-state index contributed by atoms with van der Waals surface area (Å²) in [6.45, 7) is 4.64. The minimum Gasteiger partial charge on any atom is -0.316 e. The molecular weight excluding hydrogens is 218 g/mol. The molecule has 1 fully saturated rings. The fourth-order valence-electron chi connectivity index (χ4n) is 3.08. The minimum absolute atomic E-state index is 0. The number of piperidine rings is 1. The van der Waals surface area contributed by atoms with E-state index < -0.39 is 0 Å². The zero-order chi connectivity index (χ0) is 10.3. The van der Waals surface area contributed by atoms with Crippen molar-refractivity contribution in [2.75, 3.05) is 13.1 Å². The van der Waals surface area contributed by atoms with Gasteiger partial charge in [0.15, 0.2) is 0 Å². The molecule has 0 saturated carbocycles. The van der Waals surface area contributed by atoms with E-state index in [1.165, 1.54) is 12.0 Å². The zero-order valence-electron chi connectivity index (χ0n) is 9.57. The van der Waals surface area contributed by atoms with Crippen LogP contribution in [0.5, 0.6) is 0 Å². The molecule has 0 amide bonds. The molecule has 1 N–H and O–H groups in total. The third-order valence-corrected chi connectivity index (χ3v) is 4.07. The first-order valence-corrected chi connectivity index (χ1v) is 5.82. The molecule has 2 heteroatoms. The lowest BCUT2D eigenvalue weighted by Gasteiger charge is -2.40. The molecule has 1 nitrogen and oxygen atoms in total. The van der Waals surface area contributed by atoms with Crippen molar-refractivity contribution in [1.82, 2.24) is 5.32 Å². The second-order valence-electron chi connectivity index (χ2n) is 4.82.